The number of rotatable bonds is 2. The van der Waals surface area contributed by atoms with Gasteiger partial charge in [-0.05, 0) is 24.8 Å². The third-order valence-electron chi connectivity index (χ3n) is 3.21. The van der Waals surface area contributed by atoms with Gasteiger partial charge >= 0.3 is 6.09 Å². The van der Waals surface area contributed by atoms with Crippen molar-refractivity contribution in [1.29, 1.82) is 0 Å². The quantitative estimate of drug-likeness (QED) is 0.859. The molecular formula is C13H16FNO2. The summed E-state index contributed by atoms with van der Waals surface area (Å²) < 4.78 is 13.4. The zero-order valence-corrected chi connectivity index (χ0v) is 9.55. The Kier molecular flexibility index (Phi) is 3.61. The van der Waals surface area contributed by atoms with Crippen LogP contribution in [0.1, 0.15) is 18.4 Å². The Morgan fingerprint density at radius 3 is 2.76 bits per heavy atom. The zero-order valence-electron chi connectivity index (χ0n) is 9.55. The van der Waals surface area contributed by atoms with Gasteiger partial charge in [0.2, 0.25) is 0 Å². The van der Waals surface area contributed by atoms with Crippen molar-refractivity contribution in [3.63, 3.8) is 0 Å². The minimum atomic E-state index is -0.946. The maximum absolute atomic E-state index is 13.4. The van der Waals surface area contributed by atoms with Gasteiger partial charge in [0.05, 0.1) is 0 Å². The molecular weight excluding hydrogens is 221 g/mol. The largest absolute Gasteiger partial charge is 0.465 e. The van der Waals surface area contributed by atoms with Crippen molar-refractivity contribution in [1.82, 2.24) is 4.90 Å². The smallest absolute Gasteiger partial charge is 0.407 e. The van der Waals surface area contributed by atoms with Crippen LogP contribution in [0.4, 0.5) is 9.18 Å². The molecule has 2 rings (SSSR count). The second kappa shape index (κ2) is 5.17. The Morgan fingerprint density at radius 2 is 2.12 bits per heavy atom. The fourth-order valence-corrected chi connectivity index (χ4v) is 2.33. The van der Waals surface area contributed by atoms with Crippen LogP contribution in [0.15, 0.2) is 30.3 Å². The highest BCUT2D eigenvalue weighted by molar-refractivity contribution is 5.65. The van der Waals surface area contributed by atoms with Gasteiger partial charge < -0.3 is 10.0 Å². The third kappa shape index (κ3) is 2.96. The molecule has 1 aliphatic rings. The lowest BCUT2D eigenvalue weighted by molar-refractivity contribution is 0.0783. The van der Waals surface area contributed by atoms with Gasteiger partial charge in [0.15, 0.2) is 0 Å². The second-order valence-electron chi connectivity index (χ2n) is 4.44. The van der Waals surface area contributed by atoms with E-state index in [1.807, 2.05) is 30.3 Å². The number of amides is 1. The summed E-state index contributed by atoms with van der Waals surface area (Å²) >= 11 is 0. The Labute approximate surface area is 99.9 Å². The van der Waals surface area contributed by atoms with E-state index in [1.54, 1.807) is 0 Å². The molecule has 17 heavy (non-hydrogen) atoms. The summed E-state index contributed by atoms with van der Waals surface area (Å²) in [6, 6.07) is 9.40. The van der Waals surface area contributed by atoms with Crippen LogP contribution >= 0.6 is 0 Å². The number of benzene rings is 1. The van der Waals surface area contributed by atoms with Crippen LogP contribution in [0.3, 0.4) is 0 Å². The second-order valence-corrected chi connectivity index (χ2v) is 4.44. The number of halogens is 1. The first kappa shape index (κ1) is 11.9. The van der Waals surface area contributed by atoms with Crippen molar-refractivity contribution >= 4 is 6.09 Å². The van der Waals surface area contributed by atoms with Gasteiger partial charge in [-0.1, -0.05) is 30.3 Å². The number of alkyl halides is 1. The standard InChI is InChI=1S/C13H16FNO2/c14-11-6-7-15(13(16)17)12(9-11)8-10-4-2-1-3-5-10/h1-5,11-12H,6-9H2,(H,16,17). The lowest BCUT2D eigenvalue weighted by Crippen LogP contribution is -2.47. The maximum atomic E-state index is 13.4. The summed E-state index contributed by atoms with van der Waals surface area (Å²) in [5, 5.41) is 9.08. The molecule has 0 bridgehead atoms. The van der Waals surface area contributed by atoms with Crippen LogP contribution in [0.25, 0.3) is 0 Å². The molecule has 1 fully saturated rings. The van der Waals surface area contributed by atoms with Crippen molar-refractivity contribution in [2.45, 2.75) is 31.5 Å². The molecule has 1 heterocycles. The highest BCUT2D eigenvalue weighted by atomic mass is 19.1. The Bertz CT molecular complexity index is 382. The van der Waals surface area contributed by atoms with Gasteiger partial charge in [0, 0.05) is 12.6 Å². The molecule has 1 aromatic rings. The van der Waals surface area contributed by atoms with Gasteiger partial charge in [-0.15, -0.1) is 0 Å². The molecule has 0 aromatic heterocycles. The van der Waals surface area contributed by atoms with Crippen LogP contribution in [0, 0.1) is 0 Å². The molecule has 92 valence electrons. The summed E-state index contributed by atoms with van der Waals surface area (Å²) in [6.45, 7) is 0.300. The van der Waals surface area contributed by atoms with E-state index in [0.29, 0.717) is 25.8 Å². The normalized spacial score (nSPS) is 24.6. The van der Waals surface area contributed by atoms with E-state index >= 15 is 0 Å². The lowest BCUT2D eigenvalue weighted by Gasteiger charge is -2.35. The summed E-state index contributed by atoms with van der Waals surface area (Å²) in [7, 11) is 0. The number of hydrogen-bond donors (Lipinski definition) is 1. The van der Waals surface area contributed by atoms with E-state index in [-0.39, 0.29) is 6.04 Å². The summed E-state index contributed by atoms with van der Waals surface area (Å²) in [5.74, 6) is 0. The van der Waals surface area contributed by atoms with Crippen molar-refractivity contribution < 1.29 is 14.3 Å². The number of piperidine rings is 1. The molecule has 3 nitrogen and oxygen atoms in total. The fourth-order valence-electron chi connectivity index (χ4n) is 2.33. The number of nitrogens with zero attached hydrogens (tertiary/aromatic N) is 1. The van der Waals surface area contributed by atoms with Gasteiger partial charge in [0.25, 0.3) is 0 Å². The highest BCUT2D eigenvalue weighted by Gasteiger charge is 2.31. The minimum Gasteiger partial charge on any atom is -0.465 e. The average Bonchev–Trinajstić information content (AvgIpc) is 2.30. The minimum absolute atomic E-state index is 0.237. The third-order valence-corrected chi connectivity index (χ3v) is 3.21. The van der Waals surface area contributed by atoms with Crippen molar-refractivity contribution in [3.05, 3.63) is 35.9 Å². The van der Waals surface area contributed by atoms with E-state index in [4.69, 9.17) is 5.11 Å². The lowest BCUT2D eigenvalue weighted by atomic mass is 9.95. The van der Waals surface area contributed by atoms with Gasteiger partial charge in [-0.2, -0.15) is 0 Å². The predicted molar refractivity (Wildman–Crippen MR) is 62.8 cm³/mol. The predicted octanol–water partition coefficient (Wildman–Crippen LogP) is 2.71. The number of carboxylic acid groups (broad SMARTS) is 1. The molecule has 2 unspecified atom stereocenters. The Hall–Kier alpha value is -1.58. The molecule has 1 aliphatic heterocycles. The van der Waals surface area contributed by atoms with E-state index in [9.17, 15) is 9.18 Å². The van der Waals surface area contributed by atoms with E-state index in [1.165, 1.54) is 4.90 Å². The molecule has 0 spiro atoms. The van der Waals surface area contributed by atoms with Gasteiger partial charge in [-0.25, -0.2) is 9.18 Å². The van der Waals surface area contributed by atoms with Crippen LogP contribution in [0.2, 0.25) is 0 Å². The summed E-state index contributed by atoms with van der Waals surface area (Å²) in [4.78, 5) is 12.4. The van der Waals surface area contributed by atoms with Crippen molar-refractivity contribution in [3.8, 4) is 0 Å². The summed E-state index contributed by atoms with van der Waals surface area (Å²) in [6.07, 6.45) is -0.607. The number of likely N-dealkylation sites (tertiary alicyclic amines) is 1. The van der Waals surface area contributed by atoms with Crippen molar-refractivity contribution in [2.24, 2.45) is 0 Å². The van der Waals surface area contributed by atoms with Crippen LogP contribution in [0.5, 0.6) is 0 Å². The molecule has 1 amide bonds. The van der Waals surface area contributed by atoms with Gasteiger partial charge in [-0.3, -0.25) is 0 Å². The van der Waals surface area contributed by atoms with Gasteiger partial charge in [0.1, 0.15) is 6.17 Å². The Balaban J connectivity index is 2.08. The van der Waals surface area contributed by atoms with Crippen molar-refractivity contribution in [2.75, 3.05) is 6.54 Å². The summed E-state index contributed by atoms with van der Waals surface area (Å²) in [5.41, 5.74) is 1.05. The Morgan fingerprint density at radius 1 is 1.41 bits per heavy atom. The van der Waals surface area contributed by atoms with E-state index in [2.05, 4.69) is 0 Å². The zero-order chi connectivity index (χ0) is 12.3. The SMILES string of the molecule is O=C(O)N1CCC(F)CC1Cc1ccccc1. The van der Waals surface area contributed by atoms with E-state index < -0.39 is 12.3 Å². The molecule has 0 aliphatic carbocycles. The molecule has 0 radical (unpaired) electrons. The first-order valence-corrected chi connectivity index (χ1v) is 5.84. The van der Waals surface area contributed by atoms with Crippen LogP contribution < -0.4 is 0 Å². The topological polar surface area (TPSA) is 40.5 Å². The first-order chi connectivity index (χ1) is 8.16. The van der Waals surface area contributed by atoms with Crippen LogP contribution in [-0.4, -0.2) is 34.9 Å². The maximum Gasteiger partial charge on any atom is 0.407 e. The molecule has 1 saturated heterocycles. The molecule has 1 N–H and O–H groups in total. The fraction of sp³-hybridized carbons (Fsp3) is 0.462. The molecule has 1 aromatic carbocycles. The van der Waals surface area contributed by atoms with E-state index in [0.717, 1.165) is 5.56 Å². The molecule has 2 atom stereocenters. The van der Waals surface area contributed by atoms with Crippen LogP contribution in [-0.2, 0) is 6.42 Å². The number of carbonyl (C=O) groups is 1. The average molecular weight is 237 g/mol. The monoisotopic (exact) mass is 237 g/mol. The molecule has 0 saturated carbocycles. The first-order valence-electron chi connectivity index (χ1n) is 5.84. The highest BCUT2D eigenvalue weighted by Crippen LogP contribution is 2.23. The molecule has 4 heteroatoms. The number of hydrogen-bond acceptors (Lipinski definition) is 1.